The molecule has 3 aliphatic rings. The highest BCUT2D eigenvalue weighted by atomic mass is 16.6. The maximum Gasteiger partial charge on any atom is 0.312 e. The number of hydrogen-bond donors (Lipinski definition) is 1. The van der Waals surface area contributed by atoms with E-state index in [1.165, 1.54) is 5.57 Å². The smallest absolute Gasteiger partial charge is 0.312 e. The zero-order valence-electron chi connectivity index (χ0n) is 24.6. The molecule has 5 heteroatoms. The van der Waals surface area contributed by atoms with E-state index in [4.69, 9.17) is 9.47 Å². The van der Waals surface area contributed by atoms with Crippen LogP contribution in [0.2, 0.25) is 0 Å². The van der Waals surface area contributed by atoms with Gasteiger partial charge in [-0.2, -0.15) is 0 Å². The maximum absolute atomic E-state index is 13.4. The largest absolute Gasteiger partial charge is 0.459 e. The fourth-order valence-corrected chi connectivity index (χ4v) is 7.24. The number of carbonyl (C=O) groups is 2. The molecule has 0 aromatic rings. The van der Waals surface area contributed by atoms with E-state index in [1.807, 2.05) is 27.7 Å². The number of rotatable bonds is 6. The van der Waals surface area contributed by atoms with Gasteiger partial charge in [0.1, 0.15) is 11.2 Å². The summed E-state index contributed by atoms with van der Waals surface area (Å²) >= 11 is 0. The monoisotopic (exact) mass is 502 g/mol. The molecule has 2 aliphatic carbocycles. The predicted molar refractivity (Wildman–Crippen MR) is 143 cm³/mol. The Labute approximate surface area is 219 Å². The van der Waals surface area contributed by atoms with Crippen LogP contribution in [0, 0.1) is 27.6 Å². The van der Waals surface area contributed by atoms with Crippen LogP contribution in [0.3, 0.4) is 0 Å². The topological polar surface area (TPSA) is 72.8 Å². The van der Waals surface area contributed by atoms with Gasteiger partial charge in [-0.15, -0.1) is 0 Å². The third kappa shape index (κ3) is 5.33. The number of esters is 2. The van der Waals surface area contributed by atoms with E-state index in [2.05, 4.69) is 59.8 Å². The van der Waals surface area contributed by atoms with Gasteiger partial charge in [-0.3, -0.25) is 9.59 Å². The van der Waals surface area contributed by atoms with E-state index in [1.54, 1.807) is 6.92 Å². The molecular weight excluding hydrogens is 452 g/mol. The number of hydrogen-bond acceptors (Lipinski definition) is 5. The van der Waals surface area contributed by atoms with Crippen LogP contribution >= 0.6 is 0 Å². The molecule has 1 saturated heterocycles. The molecule has 0 radical (unpaired) electrons. The minimum Gasteiger partial charge on any atom is -0.459 e. The summed E-state index contributed by atoms with van der Waals surface area (Å²) in [6.45, 7) is 23.0. The minimum atomic E-state index is -1.07. The van der Waals surface area contributed by atoms with Crippen LogP contribution in [0.25, 0.3) is 0 Å². The zero-order valence-corrected chi connectivity index (χ0v) is 24.6. The Morgan fingerprint density at radius 2 is 1.69 bits per heavy atom. The molecule has 0 bridgehead atoms. The van der Waals surface area contributed by atoms with Crippen molar-refractivity contribution in [1.82, 2.24) is 0 Å². The van der Waals surface area contributed by atoms with Crippen LogP contribution < -0.4 is 0 Å². The van der Waals surface area contributed by atoms with Gasteiger partial charge in [-0.05, 0) is 82.1 Å². The lowest BCUT2D eigenvalue weighted by molar-refractivity contribution is -0.195. The first-order valence-electron chi connectivity index (χ1n) is 13.7. The summed E-state index contributed by atoms with van der Waals surface area (Å²) in [6, 6.07) is 0. The average Bonchev–Trinajstić information content (AvgIpc) is 2.66. The Balaban J connectivity index is 2.05. The molecule has 1 fully saturated rings. The number of carbonyl (C=O) groups excluding carboxylic acids is 2. The van der Waals surface area contributed by atoms with Crippen molar-refractivity contribution in [3.05, 3.63) is 23.8 Å². The molecule has 204 valence electrons. The van der Waals surface area contributed by atoms with E-state index < -0.39 is 22.2 Å². The van der Waals surface area contributed by atoms with Crippen molar-refractivity contribution < 1.29 is 24.2 Å². The first kappa shape index (κ1) is 28.9. The quantitative estimate of drug-likeness (QED) is 0.399. The van der Waals surface area contributed by atoms with Gasteiger partial charge in [0.05, 0.1) is 17.4 Å². The Kier molecular flexibility index (Phi) is 7.00. The maximum atomic E-state index is 13.4. The standard InChI is InChI=1S/C31H50O5/c1-12-26(4,5)24(33)36-31(11)19-25(2,3)17-21-13-14-27(6,7)30(10,23(21)31)16-15-29(9)20-28(8,34)18-22(32)35-29/h13-14,17,23,34H,12,15-16,18-20H2,1-11H3. The molecule has 0 amide bonds. The van der Waals surface area contributed by atoms with Crippen LogP contribution in [0.4, 0.5) is 0 Å². The minimum absolute atomic E-state index is 0.0157. The Morgan fingerprint density at radius 1 is 1.08 bits per heavy atom. The molecule has 36 heavy (non-hydrogen) atoms. The third-order valence-electron chi connectivity index (χ3n) is 9.69. The fraction of sp³-hybridized carbons (Fsp3) is 0.806. The lowest BCUT2D eigenvalue weighted by atomic mass is 9.46. The van der Waals surface area contributed by atoms with Crippen molar-refractivity contribution in [3.63, 3.8) is 0 Å². The van der Waals surface area contributed by atoms with Crippen LogP contribution in [-0.2, 0) is 19.1 Å². The number of cyclic esters (lactones) is 1. The van der Waals surface area contributed by atoms with Crippen molar-refractivity contribution in [1.29, 1.82) is 0 Å². The molecular formula is C31H50O5. The Morgan fingerprint density at radius 3 is 2.25 bits per heavy atom. The summed E-state index contributed by atoms with van der Waals surface area (Å²) < 4.78 is 12.4. The number of fused-ring (bicyclic) bond motifs is 1. The molecule has 0 aromatic carbocycles. The molecule has 1 aliphatic heterocycles. The lowest BCUT2D eigenvalue weighted by Gasteiger charge is -2.60. The summed E-state index contributed by atoms with van der Waals surface area (Å²) in [5, 5.41) is 10.7. The van der Waals surface area contributed by atoms with Gasteiger partial charge >= 0.3 is 11.9 Å². The average molecular weight is 503 g/mol. The SMILES string of the molecule is CCC(C)(C)C(=O)OC1(C)CC(C)(C)C=C2C=CC(C)(C)C(C)(CCC3(C)CC(C)(O)CC(=O)O3)C21. The van der Waals surface area contributed by atoms with Crippen molar-refractivity contribution in [3.8, 4) is 0 Å². The lowest BCUT2D eigenvalue weighted by Crippen LogP contribution is -2.59. The zero-order chi connectivity index (χ0) is 27.6. The highest BCUT2D eigenvalue weighted by molar-refractivity contribution is 5.76. The van der Waals surface area contributed by atoms with Crippen molar-refractivity contribution in [2.45, 2.75) is 131 Å². The third-order valence-corrected chi connectivity index (χ3v) is 9.69. The molecule has 0 saturated carbocycles. The van der Waals surface area contributed by atoms with Gasteiger partial charge in [-0.25, -0.2) is 0 Å². The first-order valence-corrected chi connectivity index (χ1v) is 13.7. The van der Waals surface area contributed by atoms with Crippen LogP contribution in [0.1, 0.15) is 115 Å². The predicted octanol–water partition coefficient (Wildman–Crippen LogP) is 6.93. The second-order valence-corrected chi connectivity index (χ2v) is 14.9. The highest BCUT2D eigenvalue weighted by Crippen LogP contribution is 2.63. The van der Waals surface area contributed by atoms with Gasteiger partial charge < -0.3 is 14.6 Å². The fourth-order valence-electron chi connectivity index (χ4n) is 7.24. The van der Waals surface area contributed by atoms with Gasteiger partial charge in [0.2, 0.25) is 0 Å². The molecule has 5 unspecified atom stereocenters. The molecule has 1 N–H and O–H groups in total. The first-order chi connectivity index (χ1) is 16.1. The molecule has 5 nitrogen and oxygen atoms in total. The van der Waals surface area contributed by atoms with Crippen LogP contribution in [0.15, 0.2) is 23.8 Å². The number of ether oxygens (including phenoxy) is 2. The summed E-state index contributed by atoms with van der Waals surface area (Å²) in [4.78, 5) is 25.8. The molecule has 0 spiro atoms. The molecule has 0 aromatic heterocycles. The summed E-state index contributed by atoms with van der Waals surface area (Å²) in [5.41, 5.74) is -2.43. The van der Waals surface area contributed by atoms with E-state index in [-0.39, 0.29) is 40.5 Å². The van der Waals surface area contributed by atoms with E-state index in [0.717, 1.165) is 12.8 Å². The summed E-state index contributed by atoms with van der Waals surface area (Å²) in [5.74, 6) is -0.510. The molecule has 5 atom stereocenters. The molecule has 3 rings (SSSR count). The van der Waals surface area contributed by atoms with E-state index in [0.29, 0.717) is 19.3 Å². The van der Waals surface area contributed by atoms with Crippen LogP contribution in [-0.4, -0.2) is 33.8 Å². The van der Waals surface area contributed by atoms with E-state index >= 15 is 0 Å². The van der Waals surface area contributed by atoms with Gasteiger partial charge in [0, 0.05) is 12.3 Å². The van der Waals surface area contributed by atoms with Crippen molar-refractivity contribution in [2.24, 2.45) is 27.6 Å². The van der Waals surface area contributed by atoms with Gasteiger partial charge in [-0.1, -0.05) is 59.8 Å². The van der Waals surface area contributed by atoms with Gasteiger partial charge in [0.15, 0.2) is 0 Å². The normalized spacial score (nSPS) is 39.6. The van der Waals surface area contributed by atoms with Crippen LogP contribution in [0.5, 0.6) is 0 Å². The summed E-state index contributed by atoms with van der Waals surface area (Å²) in [6.07, 6.45) is 10.2. The second-order valence-electron chi connectivity index (χ2n) is 14.9. The number of aliphatic hydroxyl groups is 1. The van der Waals surface area contributed by atoms with Crippen molar-refractivity contribution in [2.75, 3.05) is 0 Å². The number of allylic oxidation sites excluding steroid dienone is 3. The second kappa shape index (κ2) is 8.71. The Bertz CT molecular complexity index is 967. The summed E-state index contributed by atoms with van der Waals surface area (Å²) in [7, 11) is 0. The molecule has 1 heterocycles. The van der Waals surface area contributed by atoms with Crippen molar-refractivity contribution >= 4 is 11.9 Å². The Hall–Kier alpha value is -1.62. The van der Waals surface area contributed by atoms with Gasteiger partial charge in [0.25, 0.3) is 0 Å². The van der Waals surface area contributed by atoms with E-state index in [9.17, 15) is 14.7 Å². The highest BCUT2D eigenvalue weighted by Gasteiger charge is 2.60.